The molecule has 1 saturated carbocycles. The van der Waals surface area contributed by atoms with Gasteiger partial charge in [-0.1, -0.05) is 6.42 Å². The average molecular weight is 328 g/mol. The van der Waals surface area contributed by atoms with Gasteiger partial charge in [0.2, 0.25) is 0 Å². The van der Waals surface area contributed by atoms with Gasteiger partial charge in [-0.05, 0) is 62.8 Å². The maximum atomic E-state index is 12.4. The normalized spacial score (nSPS) is 23.2. The summed E-state index contributed by atoms with van der Waals surface area (Å²) < 4.78 is 6.14. The molecule has 1 aromatic carbocycles. The minimum absolute atomic E-state index is 0.160. The molecule has 1 aromatic rings. The average Bonchev–Trinajstić information content (AvgIpc) is 3.10. The first-order chi connectivity index (χ1) is 11.8. The smallest absolute Gasteiger partial charge is 0.253 e. The molecular formula is C20H28N2O2. The fraction of sp³-hybridized carbons (Fsp3) is 0.650. The van der Waals surface area contributed by atoms with E-state index < -0.39 is 0 Å². The van der Waals surface area contributed by atoms with E-state index in [2.05, 4.69) is 4.90 Å². The van der Waals surface area contributed by atoms with Crippen LogP contribution >= 0.6 is 0 Å². The summed E-state index contributed by atoms with van der Waals surface area (Å²) in [5.74, 6) is 1.06. The summed E-state index contributed by atoms with van der Waals surface area (Å²) in [4.78, 5) is 17.0. The predicted octanol–water partition coefficient (Wildman–Crippen LogP) is 3.32. The van der Waals surface area contributed by atoms with E-state index in [4.69, 9.17) is 4.74 Å². The highest BCUT2D eigenvalue weighted by Crippen LogP contribution is 2.28. The van der Waals surface area contributed by atoms with Crippen molar-refractivity contribution in [3.05, 3.63) is 29.8 Å². The van der Waals surface area contributed by atoms with E-state index in [9.17, 15) is 4.79 Å². The van der Waals surface area contributed by atoms with Crippen LogP contribution in [0.2, 0.25) is 0 Å². The Morgan fingerprint density at radius 1 is 0.875 bits per heavy atom. The lowest BCUT2D eigenvalue weighted by molar-refractivity contribution is 0.0493. The van der Waals surface area contributed by atoms with Gasteiger partial charge in [0.05, 0.1) is 0 Å². The Balaban J connectivity index is 1.28. The first-order valence-corrected chi connectivity index (χ1v) is 9.60. The summed E-state index contributed by atoms with van der Waals surface area (Å²) in [6.07, 6.45) is 9.00. The first kappa shape index (κ1) is 15.9. The van der Waals surface area contributed by atoms with E-state index in [0.717, 1.165) is 56.1 Å². The van der Waals surface area contributed by atoms with Crippen molar-refractivity contribution in [1.29, 1.82) is 0 Å². The molecule has 0 aromatic heterocycles. The quantitative estimate of drug-likeness (QED) is 0.850. The zero-order valence-corrected chi connectivity index (χ0v) is 14.5. The number of amides is 1. The van der Waals surface area contributed by atoms with Gasteiger partial charge >= 0.3 is 0 Å². The molecule has 3 aliphatic rings. The van der Waals surface area contributed by atoms with Gasteiger partial charge in [-0.25, -0.2) is 0 Å². The molecule has 1 amide bonds. The second kappa shape index (κ2) is 7.14. The highest BCUT2D eigenvalue weighted by atomic mass is 16.5. The standard InChI is InChI=1S/C20H28N2O2/c23-20(22-12-1-2-13-22)16-6-8-18(9-7-16)24-19-10-14-21(15-11-19)17-4-3-5-17/h6-9,17,19H,1-5,10-15H2. The Bertz CT molecular complexity index is 554. The zero-order chi connectivity index (χ0) is 16.4. The number of hydrogen-bond acceptors (Lipinski definition) is 3. The van der Waals surface area contributed by atoms with E-state index in [1.54, 1.807) is 0 Å². The molecule has 2 heterocycles. The lowest BCUT2D eigenvalue weighted by Gasteiger charge is -2.41. The number of carbonyl (C=O) groups is 1. The lowest BCUT2D eigenvalue weighted by atomic mass is 9.90. The fourth-order valence-corrected chi connectivity index (χ4v) is 4.08. The van der Waals surface area contributed by atoms with Crippen LogP contribution in [0.5, 0.6) is 5.75 Å². The Labute approximate surface area is 144 Å². The number of rotatable bonds is 4. The topological polar surface area (TPSA) is 32.8 Å². The van der Waals surface area contributed by atoms with Crippen LogP contribution in [0.1, 0.15) is 55.3 Å². The molecule has 130 valence electrons. The van der Waals surface area contributed by atoms with Gasteiger partial charge in [-0.15, -0.1) is 0 Å². The van der Waals surface area contributed by atoms with Crippen molar-refractivity contribution >= 4 is 5.91 Å². The number of likely N-dealkylation sites (tertiary alicyclic amines) is 2. The van der Waals surface area contributed by atoms with Crippen molar-refractivity contribution in [1.82, 2.24) is 9.80 Å². The third-order valence-electron chi connectivity index (χ3n) is 5.86. The maximum Gasteiger partial charge on any atom is 0.253 e. The van der Waals surface area contributed by atoms with Crippen molar-refractivity contribution in [3.8, 4) is 5.75 Å². The number of nitrogens with zero attached hydrogens (tertiary/aromatic N) is 2. The Kier molecular flexibility index (Phi) is 4.74. The van der Waals surface area contributed by atoms with Crippen LogP contribution in [0.25, 0.3) is 0 Å². The highest BCUT2D eigenvalue weighted by Gasteiger charge is 2.29. The van der Waals surface area contributed by atoms with Gasteiger partial charge in [0, 0.05) is 37.8 Å². The van der Waals surface area contributed by atoms with Crippen molar-refractivity contribution in [2.75, 3.05) is 26.2 Å². The van der Waals surface area contributed by atoms with E-state index >= 15 is 0 Å². The van der Waals surface area contributed by atoms with Crippen LogP contribution in [0.15, 0.2) is 24.3 Å². The fourth-order valence-electron chi connectivity index (χ4n) is 4.08. The molecule has 2 aliphatic heterocycles. The molecule has 0 radical (unpaired) electrons. The van der Waals surface area contributed by atoms with Gasteiger partial charge in [-0.3, -0.25) is 4.79 Å². The SMILES string of the molecule is O=C(c1ccc(OC2CCN(C3CCC3)CC2)cc1)N1CCCC1. The van der Waals surface area contributed by atoms with Crippen LogP contribution in [-0.2, 0) is 0 Å². The largest absolute Gasteiger partial charge is 0.490 e. The first-order valence-electron chi connectivity index (χ1n) is 9.60. The molecule has 0 atom stereocenters. The molecule has 1 aliphatic carbocycles. The number of piperidine rings is 1. The summed E-state index contributed by atoms with van der Waals surface area (Å²) in [6, 6.07) is 8.60. The van der Waals surface area contributed by atoms with Crippen LogP contribution in [0, 0.1) is 0 Å². The minimum atomic E-state index is 0.160. The van der Waals surface area contributed by atoms with Crippen LogP contribution < -0.4 is 4.74 Å². The number of benzene rings is 1. The third-order valence-corrected chi connectivity index (χ3v) is 5.86. The van der Waals surface area contributed by atoms with E-state index in [0.29, 0.717) is 6.10 Å². The third kappa shape index (κ3) is 3.44. The molecule has 4 rings (SSSR count). The Morgan fingerprint density at radius 3 is 2.12 bits per heavy atom. The van der Waals surface area contributed by atoms with Crippen molar-refractivity contribution in [3.63, 3.8) is 0 Å². The molecule has 4 nitrogen and oxygen atoms in total. The summed E-state index contributed by atoms with van der Waals surface area (Å²) in [5, 5.41) is 0. The van der Waals surface area contributed by atoms with Crippen molar-refractivity contribution in [2.24, 2.45) is 0 Å². The van der Waals surface area contributed by atoms with Crippen molar-refractivity contribution < 1.29 is 9.53 Å². The number of carbonyl (C=O) groups excluding carboxylic acids is 1. The second-order valence-corrected chi connectivity index (χ2v) is 7.46. The van der Waals surface area contributed by atoms with Gasteiger partial charge in [0.1, 0.15) is 11.9 Å². The molecule has 0 spiro atoms. The van der Waals surface area contributed by atoms with Crippen molar-refractivity contribution in [2.45, 2.75) is 57.1 Å². The molecular weight excluding hydrogens is 300 g/mol. The lowest BCUT2D eigenvalue weighted by Crippen LogP contribution is -2.46. The molecule has 0 bridgehead atoms. The number of hydrogen-bond donors (Lipinski definition) is 0. The monoisotopic (exact) mass is 328 g/mol. The van der Waals surface area contributed by atoms with E-state index in [-0.39, 0.29) is 5.91 Å². The Hall–Kier alpha value is -1.55. The van der Waals surface area contributed by atoms with Gasteiger partial charge < -0.3 is 14.5 Å². The zero-order valence-electron chi connectivity index (χ0n) is 14.5. The molecule has 3 fully saturated rings. The van der Waals surface area contributed by atoms with E-state index in [1.807, 2.05) is 29.2 Å². The molecule has 2 saturated heterocycles. The molecule has 0 unspecified atom stereocenters. The van der Waals surface area contributed by atoms with E-state index in [1.165, 1.54) is 32.4 Å². The summed E-state index contributed by atoms with van der Waals surface area (Å²) in [5.41, 5.74) is 0.782. The minimum Gasteiger partial charge on any atom is -0.490 e. The number of ether oxygens (including phenoxy) is 1. The van der Waals surface area contributed by atoms with Gasteiger partial charge in [0.15, 0.2) is 0 Å². The summed E-state index contributed by atoms with van der Waals surface area (Å²) in [7, 11) is 0. The molecule has 0 N–H and O–H groups in total. The van der Waals surface area contributed by atoms with Gasteiger partial charge in [-0.2, -0.15) is 0 Å². The molecule has 24 heavy (non-hydrogen) atoms. The van der Waals surface area contributed by atoms with Crippen LogP contribution in [0.3, 0.4) is 0 Å². The van der Waals surface area contributed by atoms with Crippen LogP contribution in [0.4, 0.5) is 0 Å². The predicted molar refractivity (Wildman–Crippen MR) is 94.4 cm³/mol. The summed E-state index contributed by atoms with van der Waals surface area (Å²) in [6.45, 7) is 4.13. The molecule has 4 heteroatoms. The van der Waals surface area contributed by atoms with Gasteiger partial charge in [0.25, 0.3) is 5.91 Å². The maximum absolute atomic E-state index is 12.4. The van der Waals surface area contributed by atoms with Crippen LogP contribution in [-0.4, -0.2) is 54.0 Å². The summed E-state index contributed by atoms with van der Waals surface area (Å²) >= 11 is 0. The second-order valence-electron chi connectivity index (χ2n) is 7.46. The Morgan fingerprint density at radius 2 is 1.54 bits per heavy atom. The highest BCUT2D eigenvalue weighted by molar-refractivity contribution is 5.94.